The van der Waals surface area contributed by atoms with Gasteiger partial charge in [0.25, 0.3) is 0 Å². The van der Waals surface area contributed by atoms with Gasteiger partial charge in [0.05, 0.1) is 37.5 Å². The number of amides is 4. The predicted octanol–water partition coefficient (Wildman–Crippen LogP) is 8.78. The summed E-state index contributed by atoms with van der Waals surface area (Å²) >= 11 is 0. The number of nitrogens with one attached hydrogen (secondary N) is 4. The van der Waals surface area contributed by atoms with Crippen molar-refractivity contribution >= 4 is 103 Å². The van der Waals surface area contributed by atoms with Crippen LogP contribution in [0, 0.1) is 34.1 Å². The third kappa shape index (κ3) is 15.6. The van der Waals surface area contributed by atoms with Crippen LogP contribution in [0.25, 0.3) is 21.8 Å². The van der Waals surface area contributed by atoms with Gasteiger partial charge in [-0.1, -0.05) is 0 Å². The Hall–Kier alpha value is -9.75. The molecule has 2 fully saturated rings. The molecular weight excluding hydrogens is 1150 g/mol. The first-order chi connectivity index (χ1) is 41.4. The Morgan fingerprint density at radius 2 is 0.770 bits per heavy atom. The molecule has 25 heteroatoms. The number of rotatable bonds is 24. The third-order valence-electron chi connectivity index (χ3n) is 13.5. The number of carbonyl (C=O) groups excluding carboxylic acids is 6. The van der Waals surface area contributed by atoms with Crippen molar-refractivity contribution in [3.8, 4) is 46.0 Å². The molecular formula is C62H52F4MgN6O14. The predicted molar refractivity (Wildman–Crippen MR) is 305 cm³/mol. The molecule has 0 radical (unpaired) electrons. The van der Waals surface area contributed by atoms with Crippen LogP contribution in [0.15, 0.2) is 134 Å². The summed E-state index contributed by atoms with van der Waals surface area (Å²) in [6, 6.07) is 27.5. The second kappa shape index (κ2) is 28.0. The molecule has 2 heterocycles. The number of aliphatic carboxylic acids is 2. The van der Waals surface area contributed by atoms with E-state index in [1.165, 1.54) is 85.2 Å². The Labute approximate surface area is 509 Å². The third-order valence-corrected chi connectivity index (χ3v) is 13.5. The molecule has 0 aliphatic heterocycles. The Bertz CT molecular complexity index is 3640. The number of halogens is 4. The molecule has 0 unspecified atom stereocenters. The van der Waals surface area contributed by atoms with E-state index >= 15 is 8.78 Å². The van der Waals surface area contributed by atoms with Crippen molar-refractivity contribution in [3.05, 3.63) is 157 Å². The number of ether oxygens (including phenoxy) is 6. The van der Waals surface area contributed by atoms with Crippen LogP contribution in [0.5, 0.6) is 46.0 Å². The zero-order valence-electron chi connectivity index (χ0n) is 46.6. The van der Waals surface area contributed by atoms with Crippen molar-refractivity contribution in [1.82, 2.24) is 9.97 Å². The van der Waals surface area contributed by atoms with Crippen molar-refractivity contribution in [3.63, 3.8) is 0 Å². The van der Waals surface area contributed by atoms with Crippen molar-refractivity contribution < 1.29 is 85.0 Å². The molecule has 444 valence electrons. The van der Waals surface area contributed by atoms with Crippen LogP contribution >= 0.6 is 0 Å². The quantitative estimate of drug-likeness (QED) is 0.0250. The number of nitrogens with zero attached hydrogens (tertiary/aromatic N) is 2. The molecule has 2 saturated carbocycles. The average molecular weight is 1210 g/mol. The Morgan fingerprint density at radius 3 is 1.09 bits per heavy atom. The van der Waals surface area contributed by atoms with Gasteiger partial charge in [-0.15, -0.1) is 0 Å². The molecule has 10 rings (SSSR count). The fourth-order valence-corrected chi connectivity index (χ4v) is 8.68. The molecule has 0 atom stereocenters. The summed E-state index contributed by atoms with van der Waals surface area (Å²) in [4.78, 5) is 81.7. The van der Waals surface area contributed by atoms with Crippen LogP contribution in [0.3, 0.4) is 0 Å². The standard InChI is InChI=1S/2C31H27F2N3O7.Mg/c2*1-2-41-26-16-21-23(17-27(26)42-14-10-28(37)38)34-13-9-24(21)43-25-8-7-20(15-22(25)33)36-30(40)31(11-12-31)29(39)35-19-5-3-18(32)4-6-19;/h2*3-9,13,15-17H,2,10-12,14H2,1H3,(H,35,39)(H,36,40)(H,37,38);/q;;+2/p-2. The number of anilines is 4. The van der Waals surface area contributed by atoms with Gasteiger partial charge in [-0.2, -0.15) is 0 Å². The van der Waals surface area contributed by atoms with Crippen LogP contribution in [-0.2, 0) is 28.8 Å². The van der Waals surface area contributed by atoms with Crippen molar-refractivity contribution in [2.45, 2.75) is 52.4 Å². The van der Waals surface area contributed by atoms with E-state index in [4.69, 9.17) is 28.4 Å². The molecule has 0 saturated heterocycles. The van der Waals surface area contributed by atoms with Gasteiger partial charge in [0.1, 0.15) is 34.0 Å². The van der Waals surface area contributed by atoms with Crippen LogP contribution in [0.4, 0.5) is 40.3 Å². The number of carboxylic acid groups (broad SMARTS) is 2. The number of carboxylic acids is 2. The minimum atomic E-state index is -1.30. The minimum absolute atomic E-state index is 0. The molecule has 20 nitrogen and oxygen atoms in total. The molecule has 0 spiro atoms. The second-order valence-electron chi connectivity index (χ2n) is 19.5. The van der Waals surface area contributed by atoms with E-state index in [-0.39, 0.29) is 95.0 Å². The van der Waals surface area contributed by atoms with Gasteiger partial charge in [0.15, 0.2) is 46.1 Å². The zero-order chi connectivity index (χ0) is 61.1. The Kier molecular flexibility index (Phi) is 20.3. The monoisotopic (exact) mass is 1200 g/mol. The largest absolute Gasteiger partial charge is 2.00 e. The van der Waals surface area contributed by atoms with E-state index in [2.05, 4.69) is 31.2 Å². The summed E-state index contributed by atoms with van der Waals surface area (Å²) in [5.74, 6) is -5.69. The molecule has 4 amide bonds. The number of pyridine rings is 2. The number of carbonyl (C=O) groups is 6. The van der Waals surface area contributed by atoms with Gasteiger partial charge in [-0.3, -0.25) is 29.1 Å². The molecule has 0 bridgehead atoms. The van der Waals surface area contributed by atoms with Crippen LogP contribution in [0.2, 0.25) is 0 Å². The summed E-state index contributed by atoms with van der Waals surface area (Å²) in [6.07, 6.45) is 3.58. The molecule has 87 heavy (non-hydrogen) atoms. The maximum atomic E-state index is 15.1. The number of aromatic nitrogens is 2. The summed E-state index contributed by atoms with van der Waals surface area (Å²) in [5.41, 5.74) is -0.767. The molecule has 2 aromatic heterocycles. The van der Waals surface area contributed by atoms with Crippen LogP contribution in [0.1, 0.15) is 52.4 Å². The summed E-state index contributed by atoms with van der Waals surface area (Å²) < 4.78 is 90.7. The summed E-state index contributed by atoms with van der Waals surface area (Å²) in [6.45, 7) is 3.89. The maximum absolute atomic E-state index is 15.1. The summed E-state index contributed by atoms with van der Waals surface area (Å²) in [7, 11) is 0. The van der Waals surface area contributed by atoms with Gasteiger partial charge < -0.3 is 69.5 Å². The zero-order valence-corrected chi connectivity index (χ0v) is 48.0. The average Bonchev–Trinajstić information content (AvgIpc) is 1.78. The van der Waals surface area contributed by atoms with Crippen LogP contribution < -0.4 is 59.9 Å². The molecule has 2 aliphatic carbocycles. The van der Waals surface area contributed by atoms with Crippen molar-refractivity contribution in [2.75, 3.05) is 47.7 Å². The Morgan fingerprint density at radius 1 is 0.437 bits per heavy atom. The van der Waals surface area contributed by atoms with Gasteiger partial charge in [0.2, 0.25) is 23.6 Å². The fraction of sp³-hybridized carbons (Fsp3) is 0.226. The smallest absolute Gasteiger partial charge is 0.550 e. The maximum Gasteiger partial charge on any atom is 2.00 e. The van der Waals surface area contributed by atoms with E-state index in [9.17, 15) is 47.8 Å². The second-order valence-corrected chi connectivity index (χ2v) is 19.5. The first kappa shape index (κ1) is 63.3. The fourth-order valence-electron chi connectivity index (χ4n) is 8.68. The Balaban J connectivity index is 0.000000223. The molecule has 2 aliphatic rings. The molecule has 6 aromatic carbocycles. The van der Waals surface area contributed by atoms with Gasteiger partial charge in [-0.05, 0) is 137 Å². The van der Waals surface area contributed by atoms with Gasteiger partial charge >= 0.3 is 23.1 Å². The number of hydrogen-bond acceptors (Lipinski definition) is 16. The SMILES string of the molecule is CCOc1cc2c(Oc3ccc(NC(=O)C4(C(=O)Nc5ccc(F)cc5)CC4)cc3F)ccnc2cc1OCCC(=O)[O-].CCOc1cc2c(Oc3ccc(NC(=O)C4(C(=O)Nc5ccc(F)cc5)CC4)cc3F)ccnc2cc1OCCC(=O)[O-].[Mg+2]. The first-order valence-corrected chi connectivity index (χ1v) is 26.8. The van der Waals surface area contributed by atoms with Gasteiger partial charge in [0, 0.05) is 95.0 Å². The van der Waals surface area contributed by atoms with E-state index in [0.29, 0.717) is 83.6 Å². The van der Waals surface area contributed by atoms with Crippen molar-refractivity contribution in [1.29, 1.82) is 0 Å². The topological polar surface area (TPSA) is 278 Å². The molecule has 8 aromatic rings. The minimum Gasteiger partial charge on any atom is -0.550 e. The number of hydrogen-bond donors (Lipinski definition) is 4. The van der Waals surface area contributed by atoms with E-state index in [1.54, 1.807) is 50.2 Å². The number of fused-ring (bicyclic) bond motifs is 2. The van der Waals surface area contributed by atoms with Gasteiger partial charge in [-0.25, -0.2) is 17.6 Å². The first-order valence-electron chi connectivity index (χ1n) is 26.8. The normalized spacial score (nSPS) is 13.0. The van der Waals surface area contributed by atoms with E-state index < -0.39 is 69.7 Å². The van der Waals surface area contributed by atoms with E-state index in [0.717, 1.165) is 12.1 Å². The molecule has 4 N–H and O–H groups in total. The summed E-state index contributed by atoms with van der Waals surface area (Å²) in [5, 5.41) is 32.9. The number of benzene rings is 6. The van der Waals surface area contributed by atoms with Crippen LogP contribution in [-0.4, -0.2) is 95.0 Å². The van der Waals surface area contributed by atoms with E-state index in [1.807, 2.05) is 0 Å². The van der Waals surface area contributed by atoms with Crippen molar-refractivity contribution in [2.24, 2.45) is 10.8 Å².